The lowest BCUT2D eigenvalue weighted by atomic mass is 10.1. The first-order valence-electron chi connectivity index (χ1n) is 6.83. The maximum atomic E-state index is 11.1. The van der Waals surface area contributed by atoms with Gasteiger partial charge in [-0.3, -0.25) is 13.9 Å². The Morgan fingerprint density at radius 3 is 2.00 bits per heavy atom. The predicted molar refractivity (Wildman–Crippen MR) is 77.2 cm³/mol. The summed E-state index contributed by atoms with van der Waals surface area (Å²) in [6, 6.07) is 0. The molecule has 0 bridgehead atoms. The number of rotatable bonds is 14. The molecular formula is C11H24O8P2. The molecule has 4 N–H and O–H groups in total. The van der Waals surface area contributed by atoms with Gasteiger partial charge in [0.05, 0.1) is 6.61 Å². The van der Waals surface area contributed by atoms with Crippen molar-refractivity contribution in [3.05, 3.63) is 0 Å². The highest BCUT2D eigenvalue weighted by molar-refractivity contribution is 7.53. The summed E-state index contributed by atoms with van der Waals surface area (Å²) in [6.45, 7) is 0.875. The van der Waals surface area contributed by atoms with Crippen molar-refractivity contribution in [2.24, 2.45) is 0 Å². The molecule has 0 amide bonds. The molecule has 0 aliphatic carbocycles. The lowest BCUT2D eigenvalue weighted by Gasteiger charge is -2.18. The summed E-state index contributed by atoms with van der Waals surface area (Å²) < 4.78 is 20.1. The molecule has 0 aliphatic rings. The van der Waals surface area contributed by atoms with Crippen LogP contribution in [0.5, 0.6) is 0 Å². The van der Waals surface area contributed by atoms with Crippen LogP contribution in [0, 0.1) is 0 Å². The van der Waals surface area contributed by atoms with E-state index < -0.39 is 22.0 Å². The van der Waals surface area contributed by atoms with Crippen molar-refractivity contribution in [3.63, 3.8) is 0 Å². The molecule has 0 fully saturated rings. The molecule has 0 heterocycles. The molecule has 0 radical (unpaired) electrons. The lowest BCUT2D eigenvalue weighted by molar-refractivity contribution is -0.128. The van der Waals surface area contributed by atoms with E-state index in [2.05, 4.69) is 9.26 Å². The Balaban J connectivity index is 3.58. The first-order chi connectivity index (χ1) is 9.88. The summed E-state index contributed by atoms with van der Waals surface area (Å²) >= 11 is 0. The van der Waals surface area contributed by atoms with Gasteiger partial charge < -0.3 is 24.3 Å². The molecule has 1 atom stereocenters. The number of carbonyl (C=O) groups is 1. The fraction of sp³-hybridized carbons (Fsp3) is 0.909. The van der Waals surface area contributed by atoms with Crippen LogP contribution in [0.15, 0.2) is 0 Å². The monoisotopic (exact) mass is 346 g/mol. The molecule has 0 aromatic rings. The van der Waals surface area contributed by atoms with Gasteiger partial charge in [-0.05, 0) is 12.8 Å². The van der Waals surface area contributed by atoms with Crippen LogP contribution in [0.25, 0.3) is 0 Å². The molecule has 126 valence electrons. The van der Waals surface area contributed by atoms with Crippen LogP contribution in [-0.4, -0.2) is 38.5 Å². The van der Waals surface area contributed by atoms with Gasteiger partial charge in [0.2, 0.25) is 0 Å². The van der Waals surface area contributed by atoms with Crippen LogP contribution in [0.1, 0.15) is 51.4 Å². The Morgan fingerprint density at radius 2 is 1.52 bits per heavy atom. The van der Waals surface area contributed by atoms with E-state index in [-0.39, 0.29) is 6.42 Å². The van der Waals surface area contributed by atoms with Crippen LogP contribution in [0.2, 0.25) is 0 Å². The quantitative estimate of drug-likeness (QED) is 0.213. The van der Waals surface area contributed by atoms with Crippen molar-refractivity contribution >= 4 is 22.7 Å². The molecule has 10 heteroatoms. The highest BCUT2D eigenvalue weighted by Gasteiger charge is 2.31. The average Bonchev–Trinajstić information content (AvgIpc) is 2.38. The maximum Gasteiger partial charge on any atom is 0.354 e. The first kappa shape index (κ1) is 20.9. The zero-order chi connectivity index (χ0) is 16.1. The second-order valence-corrected chi connectivity index (χ2v) is 7.10. The fourth-order valence-electron chi connectivity index (χ4n) is 1.83. The number of carbonyl (C=O) groups excluding carboxylic acids is 1. The van der Waals surface area contributed by atoms with E-state index in [1.807, 2.05) is 0 Å². The Kier molecular flexibility index (Phi) is 12.4. The van der Waals surface area contributed by atoms with E-state index in [4.69, 9.17) is 19.6 Å². The Hall–Kier alpha value is -0.0700. The molecule has 0 aromatic heterocycles. The van der Waals surface area contributed by atoms with Crippen molar-refractivity contribution in [2.75, 3.05) is 6.61 Å². The Labute approximate surface area is 125 Å². The van der Waals surface area contributed by atoms with Crippen LogP contribution < -0.4 is 0 Å². The van der Waals surface area contributed by atoms with Gasteiger partial charge in [0.25, 0.3) is 6.47 Å². The summed E-state index contributed by atoms with van der Waals surface area (Å²) in [6.07, 6.45) is 6.18. The lowest BCUT2D eigenvalue weighted by Crippen LogP contribution is -2.10. The molecule has 1 unspecified atom stereocenters. The van der Waals surface area contributed by atoms with Crippen molar-refractivity contribution in [1.29, 1.82) is 0 Å². The molecule has 0 saturated carbocycles. The molecule has 8 nitrogen and oxygen atoms in total. The van der Waals surface area contributed by atoms with Crippen LogP contribution in [0.3, 0.4) is 0 Å². The highest BCUT2D eigenvalue weighted by Crippen LogP contribution is 2.49. The van der Waals surface area contributed by atoms with Gasteiger partial charge in [-0.15, -0.1) is 0 Å². The second kappa shape index (κ2) is 12.5. The minimum Gasteiger partial charge on any atom is -0.468 e. The number of ether oxygens (including phenoxy) is 1. The summed E-state index contributed by atoms with van der Waals surface area (Å²) in [7, 11) is -7.25. The summed E-state index contributed by atoms with van der Waals surface area (Å²) in [5.74, 6) is -1.45. The van der Waals surface area contributed by atoms with Gasteiger partial charge in [0.15, 0.2) is 5.85 Å². The summed E-state index contributed by atoms with van der Waals surface area (Å²) in [5, 5.41) is 0. The minimum atomic E-state index is -4.48. The molecule has 0 spiro atoms. The predicted octanol–water partition coefficient (Wildman–Crippen LogP) is 2.01. The number of unbranched alkanes of at least 4 members (excludes halogenated alkanes) is 6. The number of hydrogen-bond acceptors (Lipinski definition) is 6. The van der Waals surface area contributed by atoms with Crippen molar-refractivity contribution in [2.45, 2.75) is 57.2 Å². The van der Waals surface area contributed by atoms with Crippen LogP contribution >= 0.6 is 16.2 Å². The molecule has 0 aromatic carbocycles. The van der Waals surface area contributed by atoms with E-state index in [0.717, 1.165) is 38.5 Å². The standard InChI is InChI=1S/C11H24O8P2/c12-10-18-9-7-5-3-1-2-4-6-8-11(19-20(13)14)21(15,16)17/h10-11,13-14H,1-9H2,(H2,15,16,17). The van der Waals surface area contributed by atoms with E-state index >= 15 is 0 Å². The molecule has 0 saturated heterocycles. The van der Waals surface area contributed by atoms with Crippen molar-refractivity contribution in [3.8, 4) is 0 Å². The van der Waals surface area contributed by atoms with E-state index in [9.17, 15) is 9.36 Å². The zero-order valence-electron chi connectivity index (χ0n) is 11.8. The van der Waals surface area contributed by atoms with Gasteiger partial charge in [-0.1, -0.05) is 38.5 Å². The number of hydrogen-bond donors (Lipinski definition) is 4. The smallest absolute Gasteiger partial charge is 0.354 e. The molecule has 0 aliphatic heterocycles. The van der Waals surface area contributed by atoms with Crippen LogP contribution in [0.4, 0.5) is 0 Å². The maximum absolute atomic E-state index is 11.1. The second-order valence-electron chi connectivity index (χ2n) is 4.63. The topological polar surface area (TPSA) is 134 Å². The third-order valence-corrected chi connectivity index (χ3v) is 4.60. The molecular weight excluding hydrogens is 322 g/mol. The SMILES string of the molecule is O=COCCCCCCCCCC(OP(O)O)P(=O)(O)O. The normalized spacial score (nSPS) is 13.4. The van der Waals surface area contributed by atoms with E-state index in [1.165, 1.54) is 0 Å². The largest absolute Gasteiger partial charge is 0.468 e. The average molecular weight is 346 g/mol. The first-order valence-corrected chi connectivity index (χ1v) is 9.67. The third-order valence-electron chi connectivity index (χ3n) is 2.87. The third kappa shape index (κ3) is 13.3. The fourth-order valence-corrected chi connectivity index (χ4v) is 3.41. The summed E-state index contributed by atoms with van der Waals surface area (Å²) in [5.41, 5.74) is 0. The Bertz CT molecular complexity index is 307. The van der Waals surface area contributed by atoms with E-state index in [1.54, 1.807) is 0 Å². The summed E-state index contributed by atoms with van der Waals surface area (Å²) in [4.78, 5) is 45.2. The minimum absolute atomic E-state index is 0.0946. The zero-order valence-corrected chi connectivity index (χ0v) is 13.6. The van der Waals surface area contributed by atoms with Gasteiger partial charge >= 0.3 is 16.2 Å². The highest BCUT2D eigenvalue weighted by atomic mass is 31.2. The van der Waals surface area contributed by atoms with Crippen LogP contribution in [-0.2, 0) is 18.6 Å². The van der Waals surface area contributed by atoms with Gasteiger partial charge in [-0.2, -0.15) is 0 Å². The van der Waals surface area contributed by atoms with Gasteiger partial charge in [0, 0.05) is 0 Å². The van der Waals surface area contributed by atoms with Gasteiger partial charge in [-0.25, -0.2) is 0 Å². The Morgan fingerprint density at radius 1 is 1.00 bits per heavy atom. The van der Waals surface area contributed by atoms with Crippen molar-refractivity contribution < 1.29 is 38.2 Å². The van der Waals surface area contributed by atoms with Gasteiger partial charge in [0.1, 0.15) is 0 Å². The van der Waals surface area contributed by atoms with Crippen molar-refractivity contribution in [1.82, 2.24) is 0 Å². The van der Waals surface area contributed by atoms with E-state index in [0.29, 0.717) is 19.5 Å². The molecule has 0 rings (SSSR count). The molecule has 21 heavy (non-hydrogen) atoms.